The molecule has 1 unspecified atom stereocenters. The summed E-state index contributed by atoms with van der Waals surface area (Å²) in [6.45, 7) is 3.50. The SMILES string of the molecule is Cc1ccc(C)c(C(O)(C[N+](C)(C)C)P(=O)(O)O)c1. The molecule has 0 heterocycles. The van der Waals surface area contributed by atoms with Crippen molar-refractivity contribution in [3.8, 4) is 0 Å². The minimum Gasteiger partial charge on any atom is -0.369 e. The molecule has 3 N–H and O–H groups in total. The van der Waals surface area contributed by atoms with Crippen molar-refractivity contribution < 1.29 is 23.9 Å². The van der Waals surface area contributed by atoms with Gasteiger partial charge in [0.1, 0.15) is 6.54 Å². The zero-order chi connectivity index (χ0) is 15.1. The number of quaternary nitrogens is 1. The van der Waals surface area contributed by atoms with Gasteiger partial charge in [-0.1, -0.05) is 23.8 Å². The zero-order valence-corrected chi connectivity index (χ0v) is 13.0. The van der Waals surface area contributed by atoms with Gasteiger partial charge in [0.05, 0.1) is 21.1 Å². The lowest BCUT2D eigenvalue weighted by Crippen LogP contribution is -2.47. The summed E-state index contributed by atoms with van der Waals surface area (Å²) in [6, 6.07) is 5.26. The van der Waals surface area contributed by atoms with Crippen LogP contribution in [0.4, 0.5) is 0 Å². The van der Waals surface area contributed by atoms with Crippen LogP contribution in [0.15, 0.2) is 18.2 Å². The predicted molar refractivity (Wildman–Crippen MR) is 74.8 cm³/mol. The van der Waals surface area contributed by atoms with E-state index in [1.165, 1.54) is 0 Å². The van der Waals surface area contributed by atoms with Crippen molar-refractivity contribution in [1.82, 2.24) is 0 Å². The molecular weight excluding hydrogens is 265 g/mol. The molecule has 108 valence electrons. The van der Waals surface area contributed by atoms with Gasteiger partial charge in [-0.2, -0.15) is 0 Å². The second kappa shape index (κ2) is 5.00. The van der Waals surface area contributed by atoms with Crippen LogP contribution in [-0.2, 0) is 9.91 Å². The predicted octanol–water partition coefficient (Wildman–Crippen LogP) is 1.33. The Labute approximate surface area is 114 Å². The fraction of sp³-hybridized carbons (Fsp3) is 0.538. The van der Waals surface area contributed by atoms with Gasteiger partial charge in [0.2, 0.25) is 5.34 Å². The summed E-state index contributed by atoms with van der Waals surface area (Å²) in [5.74, 6) is 0. The van der Waals surface area contributed by atoms with Crippen LogP contribution in [0.1, 0.15) is 16.7 Å². The van der Waals surface area contributed by atoms with Gasteiger partial charge in [-0.05, 0) is 19.4 Å². The van der Waals surface area contributed by atoms with E-state index in [9.17, 15) is 19.5 Å². The average Bonchev–Trinajstić information content (AvgIpc) is 2.17. The molecule has 0 aliphatic rings. The topological polar surface area (TPSA) is 77.8 Å². The molecule has 1 atom stereocenters. The largest absolute Gasteiger partial charge is 0.369 e. The van der Waals surface area contributed by atoms with E-state index in [0.717, 1.165) is 5.56 Å². The van der Waals surface area contributed by atoms with Gasteiger partial charge in [0.15, 0.2) is 0 Å². The summed E-state index contributed by atoms with van der Waals surface area (Å²) in [5, 5.41) is 8.52. The fourth-order valence-corrected chi connectivity index (χ4v) is 3.33. The number of aliphatic hydroxyl groups is 1. The van der Waals surface area contributed by atoms with E-state index in [1.54, 1.807) is 40.2 Å². The second-order valence-electron chi connectivity index (χ2n) is 6.13. The van der Waals surface area contributed by atoms with Crippen molar-refractivity contribution >= 4 is 7.60 Å². The molecule has 0 radical (unpaired) electrons. The summed E-state index contributed by atoms with van der Waals surface area (Å²) in [5.41, 5.74) is 1.83. The minimum atomic E-state index is -4.71. The Hall–Kier alpha value is -0.710. The quantitative estimate of drug-likeness (QED) is 0.577. The molecule has 0 aliphatic carbocycles. The summed E-state index contributed by atoms with van der Waals surface area (Å²) in [7, 11) is 0.638. The van der Waals surface area contributed by atoms with E-state index in [2.05, 4.69) is 0 Å². The molecule has 19 heavy (non-hydrogen) atoms. The first kappa shape index (κ1) is 16.3. The Kier molecular flexibility index (Phi) is 4.30. The highest BCUT2D eigenvalue weighted by molar-refractivity contribution is 7.52. The summed E-state index contributed by atoms with van der Waals surface area (Å²) in [6.07, 6.45) is 0. The average molecular weight is 288 g/mol. The molecule has 0 saturated heterocycles. The van der Waals surface area contributed by atoms with Crippen LogP contribution in [0.2, 0.25) is 0 Å². The van der Waals surface area contributed by atoms with Crippen molar-refractivity contribution in [3.05, 3.63) is 34.9 Å². The van der Waals surface area contributed by atoms with Gasteiger partial charge in [-0.3, -0.25) is 4.57 Å². The first-order valence-corrected chi connectivity index (χ1v) is 7.64. The standard InChI is InChI=1S/C13H22NO4P/c1-10-6-7-11(2)12(8-10)13(15,19(16,17)18)9-14(3,4)5/h6-8,15H,9H2,1-5H3,(H-,16,17,18)/p+1. The van der Waals surface area contributed by atoms with Gasteiger partial charge in [0, 0.05) is 5.56 Å². The molecule has 0 fully saturated rings. The molecule has 1 aromatic rings. The summed E-state index contributed by atoms with van der Waals surface area (Å²) in [4.78, 5) is 19.2. The fourth-order valence-electron chi connectivity index (χ4n) is 2.16. The third-order valence-corrected chi connectivity index (χ3v) is 4.35. The van der Waals surface area contributed by atoms with Gasteiger partial charge in [-0.15, -0.1) is 0 Å². The molecule has 0 aliphatic heterocycles. The number of hydrogen-bond acceptors (Lipinski definition) is 2. The van der Waals surface area contributed by atoms with E-state index in [0.29, 0.717) is 11.1 Å². The van der Waals surface area contributed by atoms with Crippen LogP contribution < -0.4 is 0 Å². The lowest BCUT2D eigenvalue weighted by molar-refractivity contribution is -0.876. The highest BCUT2D eigenvalue weighted by Crippen LogP contribution is 2.56. The molecule has 0 aromatic heterocycles. The van der Waals surface area contributed by atoms with E-state index in [4.69, 9.17) is 0 Å². The lowest BCUT2D eigenvalue weighted by Gasteiger charge is -2.36. The molecule has 0 bridgehead atoms. The zero-order valence-electron chi connectivity index (χ0n) is 12.1. The molecule has 1 rings (SSSR count). The first-order chi connectivity index (χ1) is 8.37. The Morgan fingerprint density at radius 3 is 2.16 bits per heavy atom. The first-order valence-electron chi connectivity index (χ1n) is 6.03. The van der Waals surface area contributed by atoms with Gasteiger partial charge in [0.25, 0.3) is 0 Å². The van der Waals surface area contributed by atoms with Crippen molar-refractivity contribution in [2.75, 3.05) is 27.7 Å². The van der Waals surface area contributed by atoms with E-state index < -0.39 is 12.9 Å². The third-order valence-electron chi connectivity index (χ3n) is 3.00. The summed E-state index contributed by atoms with van der Waals surface area (Å²) >= 11 is 0. The van der Waals surface area contributed by atoms with Gasteiger partial charge in [-0.25, -0.2) is 0 Å². The maximum Gasteiger partial charge on any atom is 0.367 e. The Morgan fingerprint density at radius 1 is 1.21 bits per heavy atom. The van der Waals surface area contributed by atoms with Crippen molar-refractivity contribution in [2.24, 2.45) is 0 Å². The molecule has 0 saturated carbocycles. The van der Waals surface area contributed by atoms with Gasteiger partial charge >= 0.3 is 7.60 Å². The maximum atomic E-state index is 11.8. The maximum absolute atomic E-state index is 11.8. The number of nitrogens with zero attached hydrogens (tertiary/aromatic N) is 1. The van der Waals surface area contributed by atoms with E-state index in [1.807, 2.05) is 13.0 Å². The molecule has 1 aromatic carbocycles. The number of hydrogen-bond donors (Lipinski definition) is 3. The Bertz CT molecular complexity index is 518. The van der Waals surface area contributed by atoms with Crippen molar-refractivity contribution in [1.29, 1.82) is 0 Å². The number of rotatable bonds is 4. The molecule has 6 heteroatoms. The Balaban J connectivity index is 3.49. The molecular formula is C13H23NO4P+. The van der Waals surface area contributed by atoms with Crippen LogP contribution in [0.3, 0.4) is 0 Å². The smallest absolute Gasteiger partial charge is 0.367 e. The van der Waals surface area contributed by atoms with E-state index >= 15 is 0 Å². The number of aryl methyl sites for hydroxylation is 2. The second-order valence-corrected chi connectivity index (χ2v) is 7.96. The van der Waals surface area contributed by atoms with Crippen LogP contribution >= 0.6 is 7.60 Å². The van der Waals surface area contributed by atoms with E-state index in [-0.39, 0.29) is 11.0 Å². The molecule has 0 amide bonds. The van der Waals surface area contributed by atoms with Crippen molar-refractivity contribution in [2.45, 2.75) is 19.2 Å². The lowest BCUT2D eigenvalue weighted by atomic mass is 9.99. The molecule has 5 nitrogen and oxygen atoms in total. The number of likely N-dealkylation sites (N-methyl/N-ethyl adjacent to an activating group) is 1. The number of benzene rings is 1. The Morgan fingerprint density at radius 2 is 1.74 bits per heavy atom. The highest BCUT2D eigenvalue weighted by Gasteiger charge is 2.51. The van der Waals surface area contributed by atoms with Crippen molar-refractivity contribution in [3.63, 3.8) is 0 Å². The van der Waals surface area contributed by atoms with Gasteiger partial charge < -0.3 is 19.4 Å². The monoisotopic (exact) mass is 288 g/mol. The third kappa shape index (κ3) is 3.65. The van der Waals surface area contributed by atoms with Crippen LogP contribution in [0.25, 0.3) is 0 Å². The highest BCUT2D eigenvalue weighted by atomic mass is 31.2. The van der Waals surface area contributed by atoms with Crippen LogP contribution in [0.5, 0.6) is 0 Å². The normalized spacial score (nSPS) is 16.2. The molecule has 0 spiro atoms. The van der Waals surface area contributed by atoms with Crippen LogP contribution in [-0.4, -0.2) is 47.1 Å². The minimum absolute atomic E-state index is 0.0679. The summed E-state index contributed by atoms with van der Waals surface area (Å²) < 4.78 is 12.1. The van der Waals surface area contributed by atoms with Crippen LogP contribution in [0, 0.1) is 13.8 Å².